The van der Waals surface area contributed by atoms with Crippen LogP contribution in [0.4, 0.5) is 5.00 Å². The summed E-state index contributed by atoms with van der Waals surface area (Å²) >= 11 is 6.75. The summed E-state index contributed by atoms with van der Waals surface area (Å²) in [6, 6.07) is 0.282. The maximum atomic E-state index is 12.5. The average Bonchev–Trinajstić information content (AvgIpc) is 2.87. The van der Waals surface area contributed by atoms with Crippen LogP contribution in [0.1, 0.15) is 65.6 Å². The van der Waals surface area contributed by atoms with E-state index < -0.39 is 5.97 Å². The van der Waals surface area contributed by atoms with Crippen LogP contribution in [0, 0.1) is 18.3 Å². The Labute approximate surface area is 177 Å². The molecule has 2 atom stereocenters. The molecule has 0 radical (unpaired) electrons. The average molecular weight is 426 g/mol. The van der Waals surface area contributed by atoms with E-state index in [1.165, 1.54) is 29.8 Å². The van der Waals surface area contributed by atoms with Crippen LogP contribution >= 0.6 is 23.6 Å². The van der Waals surface area contributed by atoms with Crippen molar-refractivity contribution < 1.29 is 14.3 Å². The van der Waals surface area contributed by atoms with Gasteiger partial charge in [0, 0.05) is 20.1 Å². The third-order valence-electron chi connectivity index (χ3n) is 5.09. The van der Waals surface area contributed by atoms with Crippen molar-refractivity contribution in [1.29, 1.82) is 0 Å². The fourth-order valence-electron chi connectivity index (χ4n) is 4.14. The smallest absolute Gasteiger partial charge is 0.341 e. The first-order chi connectivity index (χ1) is 12.9. The highest BCUT2D eigenvalue weighted by Crippen LogP contribution is 2.39. The summed E-state index contributed by atoms with van der Waals surface area (Å²) in [6.07, 6.45) is 3.30. The number of rotatable bonds is 4. The van der Waals surface area contributed by atoms with E-state index in [1.807, 2.05) is 0 Å². The second-order valence-electron chi connectivity index (χ2n) is 8.66. The third kappa shape index (κ3) is 5.23. The highest BCUT2D eigenvalue weighted by Gasteiger charge is 2.33. The molecule has 1 aliphatic rings. The number of thiophene rings is 1. The minimum absolute atomic E-state index is 0.151. The fraction of sp³-hybridized carbons (Fsp3) is 0.650. The maximum Gasteiger partial charge on any atom is 0.341 e. The molecule has 1 heterocycles. The number of nitrogens with one attached hydrogen (secondary N) is 2. The SMILES string of the molecule is COC(=O)c1c(NC(=S)NC2CC(C)CC(C)(C)C2)sc(C(=O)N(C)C)c1C. The number of nitrogens with zero attached hydrogens (tertiary/aromatic N) is 1. The van der Waals surface area contributed by atoms with Crippen molar-refractivity contribution in [2.75, 3.05) is 26.5 Å². The van der Waals surface area contributed by atoms with Crippen LogP contribution in [0.3, 0.4) is 0 Å². The maximum absolute atomic E-state index is 12.5. The monoisotopic (exact) mass is 425 g/mol. The summed E-state index contributed by atoms with van der Waals surface area (Å²) in [5.74, 6) is -0.00492. The normalized spacial score (nSPS) is 21.0. The molecule has 0 bridgehead atoms. The van der Waals surface area contributed by atoms with Gasteiger partial charge in [0.25, 0.3) is 5.91 Å². The van der Waals surface area contributed by atoms with E-state index >= 15 is 0 Å². The van der Waals surface area contributed by atoms with Gasteiger partial charge in [-0.05, 0) is 55.3 Å². The van der Waals surface area contributed by atoms with Gasteiger partial charge in [0.05, 0.1) is 17.6 Å². The van der Waals surface area contributed by atoms with Gasteiger partial charge < -0.3 is 20.3 Å². The van der Waals surface area contributed by atoms with Crippen molar-refractivity contribution in [3.8, 4) is 0 Å². The Morgan fingerprint density at radius 1 is 1.29 bits per heavy atom. The first-order valence-electron chi connectivity index (χ1n) is 9.46. The van der Waals surface area contributed by atoms with Crippen LogP contribution in [-0.4, -0.2) is 49.1 Å². The lowest BCUT2D eigenvalue weighted by Gasteiger charge is -2.39. The molecular weight excluding hydrogens is 394 g/mol. The Hall–Kier alpha value is -1.67. The van der Waals surface area contributed by atoms with Gasteiger partial charge in [-0.3, -0.25) is 4.79 Å². The first-order valence-corrected chi connectivity index (χ1v) is 10.7. The Bertz CT molecular complexity index is 771. The quantitative estimate of drug-likeness (QED) is 0.560. The molecule has 0 aliphatic heterocycles. The summed E-state index contributed by atoms with van der Waals surface area (Å²) in [5.41, 5.74) is 1.24. The molecule has 28 heavy (non-hydrogen) atoms. The van der Waals surface area contributed by atoms with Crippen LogP contribution in [0.5, 0.6) is 0 Å². The van der Waals surface area contributed by atoms with Crippen LogP contribution in [0.2, 0.25) is 0 Å². The van der Waals surface area contributed by atoms with E-state index in [2.05, 4.69) is 31.4 Å². The Kier molecular flexibility index (Phi) is 7.09. The molecule has 1 aromatic heterocycles. The molecule has 1 aliphatic carbocycles. The Morgan fingerprint density at radius 3 is 2.46 bits per heavy atom. The summed E-state index contributed by atoms with van der Waals surface area (Å²) in [5, 5.41) is 7.54. The number of esters is 1. The summed E-state index contributed by atoms with van der Waals surface area (Å²) in [7, 11) is 4.70. The van der Waals surface area contributed by atoms with Crippen molar-refractivity contribution in [2.45, 2.75) is 53.0 Å². The summed E-state index contributed by atoms with van der Waals surface area (Å²) < 4.78 is 4.92. The van der Waals surface area contributed by atoms with Crippen molar-refractivity contribution >= 4 is 45.5 Å². The van der Waals surface area contributed by atoms with E-state index in [-0.39, 0.29) is 17.4 Å². The topological polar surface area (TPSA) is 70.7 Å². The number of anilines is 1. The number of methoxy groups -OCH3 is 1. The molecule has 2 rings (SSSR count). The molecular formula is C20H31N3O3S2. The van der Waals surface area contributed by atoms with E-state index in [0.29, 0.717) is 32.0 Å². The standard InChI is InChI=1S/C20H31N3O3S2/c1-11-8-13(10-20(3,4)9-11)21-19(27)22-16-14(18(25)26-7)12(2)15(28-16)17(24)23(5)6/h11,13H,8-10H2,1-7H3,(H2,21,22,27). The van der Waals surface area contributed by atoms with Gasteiger partial charge in [0.1, 0.15) is 5.00 Å². The minimum atomic E-state index is -0.482. The number of carbonyl (C=O) groups excluding carboxylic acids is 2. The molecule has 1 saturated carbocycles. The number of carbonyl (C=O) groups is 2. The first kappa shape index (κ1) is 22.6. The van der Waals surface area contributed by atoms with E-state index in [1.54, 1.807) is 21.0 Å². The molecule has 156 valence electrons. The number of hydrogen-bond donors (Lipinski definition) is 2. The second kappa shape index (κ2) is 8.78. The van der Waals surface area contributed by atoms with Crippen LogP contribution < -0.4 is 10.6 Å². The lowest BCUT2D eigenvalue weighted by molar-refractivity contribution is 0.0601. The molecule has 8 heteroatoms. The molecule has 2 unspecified atom stereocenters. The molecule has 2 N–H and O–H groups in total. The fourth-order valence-corrected chi connectivity index (χ4v) is 5.69. The minimum Gasteiger partial charge on any atom is -0.465 e. The zero-order valence-electron chi connectivity index (χ0n) is 17.8. The van der Waals surface area contributed by atoms with Crippen LogP contribution in [-0.2, 0) is 4.74 Å². The van der Waals surface area contributed by atoms with Gasteiger partial charge in [-0.25, -0.2) is 4.79 Å². The van der Waals surface area contributed by atoms with Gasteiger partial charge in [0.2, 0.25) is 0 Å². The van der Waals surface area contributed by atoms with Crippen molar-refractivity contribution in [3.05, 3.63) is 16.0 Å². The molecule has 1 aromatic rings. The predicted octanol–water partition coefficient (Wildman–Crippen LogP) is 4.05. The number of amides is 1. The lowest BCUT2D eigenvalue weighted by atomic mass is 9.71. The summed E-state index contributed by atoms with van der Waals surface area (Å²) in [4.78, 5) is 26.8. The zero-order valence-corrected chi connectivity index (χ0v) is 19.4. The highest BCUT2D eigenvalue weighted by molar-refractivity contribution is 7.80. The molecule has 1 fully saturated rings. The zero-order chi connectivity index (χ0) is 21.2. The van der Waals surface area contributed by atoms with Crippen LogP contribution in [0.25, 0.3) is 0 Å². The molecule has 0 spiro atoms. The Morgan fingerprint density at radius 2 is 1.93 bits per heavy atom. The van der Waals surface area contributed by atoms with E-state index in [9.17, 15) is 9.59 Å². The number of hydrogen-bond acceptors (Lipinski definition) is 5. The van der Waals surface area contributed by atoms with E-state index in [0.717, 1.165) is 12.8 Å². The Balaban J connectivity index is 2.22. The van der Waals surface area contributed by atoms with Crippen LogP contribution in [0.15, 0.2) is 0 Å². The van der Waals surface area contributed by atoms with Gasteiger partial charge in [-0.1, -0.05) is 20.8 Å². The van der Waals surface area contributed by atoms with Crippen molar-refractivity contribution in [3.63, 3.8) is 0 Å². The molecule has 6 nitrogen and oxygen atoms in total. The lowest BCUT2D eigenvalue weighted by Crippen LogP contribution is -2.44. The van der Waals surface area contributed by atoms with Crippen molar-refractivity contribution in [2.24, 2.45) is 11.3 Å². The van der Waals surface area contributed by atoms with E-state index in [4.69, 9.17) is 17.0 Å². The van der Waals surface area contributed by atoms with Gasteiger partial charge in [-0.2, -0.15) is 0 Å². The largest absolute Gasteiger partial charge is 0.465 e. The summed E-state index contributed by atoms with van der Waals surface area (Å²) in [6.45, 7) is 8.59. The molecule has 0 aromatic carbocycles. The van der Waals surface area contributed by atoms with Gasteiger partial charge >= 0.3 is 5.97 Å². The highest BCUT2D eigenvalue weighted by atomic mass is 32.1. The molecule has 1 amide bonds. The van der Waals surface area contributed by atoms with Crippen molar-refractivity contribution in [1.82, 2.24) is 10.2 Å². The van der Waals surface area contributed by atoms with Gasteiger partial charge in [0.15, 0.2) is 5.11 Å². The third-order valence-corrected chi connectivity index (χ3v) is 6.50. The predicted molar refractivity (Wildman–Crippen MR) is 118 cm³/mol. The second-order valence-corrected chi connectivity index (χ2v) is 10.1. The molecule has 0 saturated heterocycles. The number of thiocarbonyl (C=S) groups is 1. The number of ether oxygens (including phenoxy) is 1. The van der Waals surface area contributed by atoms with Gasteiger partial charge in [-0.15, -0.1) is 11.3 Å².